The van der Waals surface area contributed by atoms with Gasteiger partial charge in [-0.2, -0.15) is 0 Å². The first kappa shape index (κ1) is 57.8. The maximum atomic E-state index is 12.3. The van der Waals surface area contributed by atoms with Crippen molar-refractivity contribution in [1.82, 2.24) is 0 Å². The molecule has 4 heteroatoms. The highest BCUT2D eigenvalue weighted by atomic mass is 16.6. The summed E-state index contributed by atoms with van der Waals surface area (Å²) in [5.74, 6) is -0.225. The lowest BCUT2D eigenvalue weighted by Crippen LogP contribution is -2.27. The van der Waals surface area contributed by atoms with Crippen LogP contribution in [0.2, 0.25) is 0 Å². The van der Waals surface area contributed by atoms with Crippen LogP contribution >= 0.6 is 0 Å². The molecule has 0 aliphatic carbocycles. The van der Waals surface area contributed by atoms with Gasteiger partial charge in [-0.3, -0.25) is 4.79 Å². The summed E-state index contributed by atoms with van der Waals surface area (Å²) in [5, 5.41) is 9.64. The lowest BCUT2D eigenvalue weighted by Gasteiger charge is -2.15. The Morgan fingerprint density at radius 2 is 0.738 bits per heavy atom. The Balaban J connectivity index is 3.57. The number of aliphatic hydroxyl groups is 1. The number of esters is 1. The van der Waals surface area contributed by atoms with Gasteiger partial charge in [0.1, 0.15) is 6.10 Å². The second kappa shape index (κ2) is 52.9. The summed E-state index contributed by atoms with van der Waals surface area (Å²) in [6.07, 6.45) is 78.6. The molecule has 1 N–H and O–H groups in total. The minimum absolute atomic E-state index is 0.199. The molecule has 0 spiro atoms. The Morgan fingerprint density at radius 1 is 0.410 bits per heavy atom. The van der Waals surface area contributed by atoms with E-state index in [-0.39, 0.29) is 19.2 Å². The highest BCUT2D eigenvalue weighted by molar-refractivity contribution is 5.69. The van der Waals surface area contributed by atoms with E-state index in [1.807, 2.05) is 0 Å². The third-order valence-electron chi connectivity index (χ3n) is 10.3. The van der Waals surface area contributed by atoms with Gasteiger partial charge in [0.15, 0.2) is 0 Å². The molecular formula is C57H94O4. The first-order chi connectivity index (χ1) is 30.2. The lowest BCUT2D eigenvalue weighted by molar-refractivity contribution is -0.154. The van der Waals surface area contributed by atoms with Crippen molar-refractivity contribution in [3.05, 3.63) is 122 Å². The van der Waals surface area contributed by atoms with Crippen molar-refractivity contribution in [3.8, 4) is 0 Å². The predicted molar refractivity (Wildman–Crippen MR) is 269 cm³/mol. The summed E-state index contributed by atoms with van der Waals surface area (Å²) in [6.45, 7) is 5.10. The van der Waals surface area contributed by atoms with Crippen LogP contribution in [0.15, 0.2) is 122 Å². The van der Waals surface area contributed by atoms with E-state index in [4.69, 9.17) is 9.47 Å². The highest BCUT2D eigenvalue weighted by Gasteiger charge is 2.13. The van der Waals surface area contributed by atoms with Gasteiger partial charge in [-0.1, -0.05) is 212 Å². The van der Waals surface area contributed by atoms with Crippen molar-refractivity contribution < 1.29 is 19.4 Å². The fourth-order valence-electron chi connectivity index (χ4n) is 6.55. The van der Waals surface area contributed by atoms with Gasteiger partial charge in [-0.25, -0.2) is 0 Å². The van der Waals surface area contributed by atoms with Crippen LogP contribution < -0.4 is 0 Å². The van der Waals surface area contributed by atoms with Crippen molar-refractivity contribution in [1.29, 1.82) is 0 Å². The topological polar surface area (TPSA) is 55.8 Å². The van der Waals surface area contributed by atoms with E-state index in [1.165, 1.54) is 96.3 Å². The van der Waals surface area contributed by atoms with Gasteiger partial charge in [0.05, 0.1) is 13.2 Å². The summed E-state index contributed by atoms with van der Waals surface area (Å²) in [4.78, 5) is 12.3. The number of carbonyl (C=O) groups excluding carboxylic acids is 1. The number of allylic oxidation sites excluding steroid dienone is 20. The van der Waals surface area contributed by atoms with Gasteiger partial charge in [0, 0.05) is 13.0 Å². The third kappa shape index (κ3) is 51.0. The molecule has 1 unspecified atom stereocenters. The molecule has 0 radical (unpaired) electrons. The molecule has 346 valence electrons. The van der Waals surface area contributed by atoms with E-state index >= 15 is 0 Å². The normalized spacial score (nSPS) is 13.4. The van der Waals surface area contributed by atoms with E-state index in [2.05, 4.69) is 135 Å². The Hall–Kier alpha value is -3.21. The predicted octanol–water partition coefficient (Wildman–Crippen LogP) is 17.2. The SMILES string of the molecule is CC/C=C\C/C=C\C/C=C\C/C=C\C/C=C\C/C=C\C/C=C\CCCCOCC(CO)OC(=O)CCCCCCCCCCCC/C=C\C/C=C\C/C=C\CCCCCCC. The number of hydrogen-bond donors (Lipinski definition) is 1. The molecule has 0 bridgehead atoms. The Morgan fingerprint density at radius 3 is 1.11 bits per heavy atom. The van der Waals surface area contributed by atoms with Crippen molar-refractivity contribution in [2.45, 2.75) is 213 Å². The van der Waals surface area contributed by atoms with Crippen LogP contribution in [-0.2, 0) is 14.3 Å². The smallest absolute Gasteiger partial charge is 0.306 e. The van der Waals surface area contributed by atoms with Gasteiger partial charge in [0.25, 0.3) is 0 Å². The number of unbranched alkanes of at least 4 members (excludes halogenated alkanes) is 17. The van der Waals surface area contributed by atoms with Crippen molar-refractivity contribution in [2.24, 2.45) is 0 Å². The van der Waals surface area contributed by atoms with Crippen LogP contribution in [0.1, 0.15) is 206 Å². The fraction of sp³-hybridized carbons (Fsp3) is 0.632. The zero-order chi connectivity index (χ0) is 44.0. The maximum absolute atomic E-state index is 12.3. The van der Waals surface area contributed by atoms with Gasteiger partial charge >= 0.3 is 5.97 Å². The third-order valence-corrected chi connectivity index (χ3v) is 10.3. The second-order valence-electron chi connectivity index (χ2n) is 16.2. The molecule has 0 saturated carbocycles. The lowest BCUT2D eigenvalue weighted by atomic mass is 10.0. The van der Waals surface area contributed by atoms with Crippen molar-refractivity contribution >= 4 is 5.97 Å². The first-order valence-corrected chi connectivity index (χ1v) is 25.1. The van der Waals surface area contributed by atoms with Gasteiger partial charge in [-0.15, -0.1) is 0 Å². The van der Waals surface area contributed by atoms with E-state index in [1.54, 1.807) is 0 Å². The largest absolute Gasteiger partial charge is 0.457 e. The van der Waals surface area contributed by atoms with Crippen LogP contribution in [0.3, 0.4) is 0 Å². The average Bonchev–Trinajstić information content (AvgIpc) is 3.27. The molecule has 0 amide bonds. The van der Waals surface area contributed by atoms with Crippen LogP contribution in [0, 0.1) is 0 Å². The van der Waals surface area contributed by atoms with Gasteiger partial charge in [0.2, 0.25) is 0 Å². The number of ether oxygens (including phenoxy) is 2. The van der Waals surface area contributed by atoms with E-state index in [0.29, 0.717) is 13.0 Å². The molecule has 0 aliphatic heterocycles. The molecule has 0 heterocycles. The van der Waals surface area contributed by atoms with E-state index < -0.39 is 6.10 Å². The molecule has 0 rings (SSSR count). The standard InChI is InChI=1S/C57H94O4/c1-3-5-7-9-11-13-15-17-19-21-23-25-27-29-30-32-34-36-38-40-42-44-46-48-50-52-57(59)61-56(54-58)55-60-53-51-49-47-45-43-41-39-37-35-33-31-28-26-24-22-20-18-16-14-12-10-8-6-4-2/h6,8,12,14-15,17-18,20-21,23-24,26-27,29,31,33,37,39,43,45,56,58H,3-5,7,9-11,13,16,19,22,25,28,30,32,34-36,38,40-42,44,46-55H2,1-2H3/b8-6-,14-12-,17-15-,20-18-,23-21-,26-24-,29-27-,33-31-,39-37-,45-43-. The van der Waals surface area contributed by atoms with E-state index in [0.717, 1.165) is 89.9 Å². The Labute approximate surface area is 377 Å². The highest BCUT2D eigenvalue weighted by Crippen LogP contribution is 2.13. The molecule has 0 aliphatic rings. The second-order valence-corrected chi connectivity index (χ2v) is 16.2. The van der Waals surface area contributed by atoms with Crippen molar-refractivity contribution in [2.75, 3.05) is 19.8 Å². The van der Waals surface area contributed by atoms with Crippen LogP contribution in [0.5, 0.6) is 0 Å². The molecule has 0 fully saturated rings. The zero-order valence-corrected chi connectivity index (χ0v) is 39.6. The number of hydrogen-bond acceptors (Lipinski definition) is 4. The van der Waals surface area contributed by atoms with Gasteiger partial charge < -0.3 is 14.6 Å². The quantitative estimate of drug-likeness (QED) is 0.0377. The van der Waals surface area contributed by atoms with E-state index in [9.17, 15) is 9.90 Å². The fourth-order valence-corrected chi connectivity index (χ4v) is 6.55. The molecule has 0 aromatic carbocycles. The number of carbonyl (C=O) groups is 1. The zero-order valence-electron chi connectivity index (χ0n) is 39.6. The number of aliphatic hydroxyl groups excluding tert-OH is 1. The maximum Gasteiger partial charge on any atom is 0.306 e. The molecule has 61 heavy (non-hydrogen) atoms. The average molecular weight is 843 g/mol. The molecule has 0 aromatic rings. The Bertz CT molecular complexity index is 1210. The van der Waals surface area contributed by atoms with Gasteiger partial charge in [-0.05, 0) is 109 Å². The minimum Gasteiger partial charge on any atom is -0.457 e. The molecule has 1 atom stereocenters. The van der Waals surface area contributed by atoms with Crippen LogP contribution in [0.25, 0.3) is 0 Å². The number of rotatable bonds is 45. The monoisotopic (exact) mass is 843 g/mol. The molecular weight excluding hydrogens is 749 g/mol. The summed E-state index contributed by atoms with van der Waals surface area (Å²) in [6, 6.07) is 0. The summed E-state index contributed by atoms with van der Waals surface area (Å²) in [5.41, 5.74) is 0. The summed E-state index contributed by atoms with van der Waals surface area (Å²) >= 11 is 0. The summed E-state index contributed by atoms with van der Waals surface area (Å²) < 4.78 is 11.2. The molecule has 0 aromatic heterocycles. The van der Waals surface area contributed by atoms with Crippen LogP contribution in [0.4, 0.5) is 0 Å². The Kier molecular flexibility index (Phi) is 50.1. The summed E-state index contributed by atoms with van der Waals surface area (Å²) in [7, 11) is 0. The first-order valence-electron chi connectivity index (χ1n) is 25.1. The molecule has 0 saturated heterocycles. The molecule has 4 nitrogen and oxygen atoms in total. The minimum atomic E-state index is -0.570. The van der Waals surface area contributed by atoms with Crippen LogP contribution in [-0.4, -0.2) is 37.0 Å². The van der Waals surface area contributed by atoms with Crippen molar-refractivity contribution in [3.63, 3.8) is 0 Å².